The summed E-state index contributed by atoms with van der Waals surface area (Å²) >= 11 is 0. The molecule has 0 saturated carbocycles. The largest absolute Gasteiger partial charge is 0.430 e. The first-order valence-electron chi connectivity index (χ1n) is 9.17. The Labute approximate surface area is 157 Å². The van der Waals surface area contributed by atoms with Crippen molar-refractivity contribution < 1.29 is 26.3 Å². The maximum absolute atomic E-state index is 12.8. The molecule has 0 radical (unpaired) electrons. The fourth-order valence-corrected chi connectivity index (χ4v) is 6.40. The van der Waals surface area contributed by atoms with Crippen LogP contribution in [0.15, 0.2) is 22.4 Å². The molecule has 1 unspecified atom stereocenters. The van der Waals surface area contributed by atoms with E-state index in [1.165, 1.54) is 11.2 Å². The normalized spacial score (nSPS) is 29.8. The third-order valence-corrected chi connectivity index (χ3v) is 7.98. The van der Waals surface area contributed by atoms with Crippen molar-refractivity contribution in [1.82, 2.24) is 14.5 Å². The fraction of sp³-hybridized carbons (Fsp3) is 0.765. The molecule has 0 aromatic heterocycles. The van der Waals surface area contributed by atoms with Gasteiger partial charge in [-0.1, -0.05) is 6.08 Å². The molecule has 4 aliphatic rings. The lowest BCUT2D eigenvalue weighted by atomic mass is 9.73. The van der Waals surface area contributed by atoms with E-state index in [1.807, 2.05) is 0 Å². The highest BCUT2D eigenvalue weighted by atomic mass is 32.2. The van der Waals surface area contributed by atoms with Crippen LogP contribution in [0, 0.1) is 5.41 Å². The number of nitrogens with zero attached hydrogens (tertiary/aromatic N) is 2. The summed E-state index contributed by atoms with van der Waals surface area (Å²) in [7, 11) is -3.74. The highest BCUT2D eigenvalue weighted by Gasteiger charge is 2.56. The van der Waals surface area contributed by atoms with Crippen molar-refractivity contribution in [1.29, 1.82) is 0 Å². The van der Waals surface area contributed by atoms with Gasteiger partial charge < -0.3 is 10.1 Å². The van der Waals surface area contributed by atoms with Crippen LogP contribution in [0.2, 0.25) is 0 Å². The van der Waals surface area contributed by atoms with E-state index in [0.29, 0.717) is 19.1 Å². The Bertz CT molecular complexity index is 771. The fourth-order valence-electron chi connectivity index (χ4n) is 4.47. The van der Waals surface area contributed by atoms with Crippen molar-refractivity contribution in [2.45, 2.75) is 38.4 Å². The predicted octanol–water partition coefficient (Wildman–Crippen LogP) is 1.78. The van der Waals surface area contributed by atoms with Crippen molar-refractivity contribution in [3.8, 4) is 0 Å². The van der Waals surface area contributed by atoms with E-state index in [4.69, 9.17) is 4.74 Å². The number of hydrogen-bond acceptors (Lipinski definition) is 5. The standard InChI is InChI=1S/C17H24F3N3O3S/c1-12-14(4-5-15(21-12)17(18,19)20)27(24,25)23-10-16(11-23)8-22(9-16)13-3-2-6-26-7-13/h5,13,21H,2-4,6-11H2,1H3. The molecule has 3 saturated heterocycles. The summed E-state index contributed by atoms with van der Waals surface area (Å²) in [5, 5.41) is 2.20. The van der Waals surface area contributed by atoms with Gasteiger partial charge in [0, 0.05) is 56.4 Å². The number of rotatable bonds is 3. The molecular formula is C17H24F3N3O3S. The van der Waals surface area contributed by atoms with Gasteiger partial charge >= 0.3 is 6.18 Å². The first-order chi connectivity index (χ1) is 12.6. The Morgan fingerprint density at radius 3 is 2.52 bits per heavy atom. The molecule has 0 aromatic carbocycles. The number of halogens is 3. The minimum atomic E-state index is -4.50. The lowest BCUT2D eigenvalue weighted by molar-refractivity contribution is -0.122. The lowest BCUT2D eigenvalue weighted by Gasteiger charge is -2.61. The second-order valence-electron chi connectivity index (χ2n) is 8.04. The van der Waals surface area contributed by atoms with E-state index in [2.05, 4.69) is 10.2 Å². The third kappa shape index (κ3) is 3.41. The van der Waals surface area contributed by atoms with Crippen LogP contribution in [0.1, 0.15) is 26.2 Å². The summed E-state index contributed by atoms with van der Waals surface area (Å²) in [6.07, 6.45) is -1.66. The SMILES string of the molecule is CC1=C(S(=O)(=O)N2CC3(CN(C4CCCOC4)C3)C2)CC=C(C(F)(F)F)N1. The minimum Gasteiger partial charge on any atom is -0.380 e. The molecule has 1 N–H and O–H groups in total. The molecule has 3 fully saturated rings. The topological polar surface area (TPSA) is 61.9 Å². The van der Waals surface area contributed by atoms with Crippen LogP contribution >= 0.6 is 0 Å². The number of allylic oxidation sites excluding steroid dienone is 4. The van der Waals surface area contributed by atoms with Crippen LogP contribution in [0.5, 0.6) is 0 Å². The monoisotopic (exact) mass is 407 g/mol. The first-order valence-corrected chi connectivity index (χ1v) is 10.6. The van der Waals surface area contributed by atoms with Crippen LogP contribution in [-0.4, -0.2) is 69.2 Å². The van der Waals surface area contributed by atoms with Crippen molar-refractivity contribution in [2.75, 3.05) is 39.4 Å². The zero-order valence-corrected chi connectivity index (χ0v) is 16.0. The van der Waals surface area contributed by atoms with E-state index in [9.17, 15) is 21.6 Å². The second-order valence-corrected chi connectivity index (χ2v) is 10.0. The molecule has 4 heterocycles. The molecule has 27 heavy (non-hydrogen) atoms. The van der Waals surface area contributed by atoms with E-state index in [1.54, 1.807) is 0 Å². The van der Waals surface area contributed by atoms with Crippen molar-refractivity contribution in [3.05, 3.63) is 22.4 Å². The smallest absolute Gasteiger partial charge is 0.380 e. The first kappa shape index (κ1) is 19.2. The van der Waals surface area contributed by atoms with Crippen molar-refractivity contribution in [3.63, 3.8) is 0 Å². The Morgan fingerprint density at radius 2 is 1.96 bits per heavy atom. The number of alkyl halides is 3. The summed E-state index contributed by atoms with van der Waals surface area (Å²) in [4.78, 5) is 2.39. The molecule has 0 aromatic rings. The van der Waals surface area contributed by atoms with Gasteiger partial charge in [0.1, 0.15) is 5.70 Å². The number of likely N-dealkylation sites (tertiary alicyclic amines) is 1. The molecule has 10 heteroatoms. The minimum absolute atomic E-state index is 0.00591. The van der Waals surface area contributed by atoms with Gasteiger partial charge in [0.25, 0.3) is 0 Å². The Balaban J connectivity index is 1.36. The number of nitrogens with one attached hydrogen (secondary N) is 1. The van der Waals surface area contributed by atoms with Crippen molar-refractivity contribution >= 4 is 10.0 Å². The molecule has 0 bridgehead atoms. The molecule has 4 rings (SSSR count). The summed E-state index contributed by atoms with van der Waals surface area (Å²) in [6.45, 7) is 5.54. The quantitative estimate of drug-likeness (QED) is 0.773. The number of hydrogen-bond donors (Lipinski definition) is 1. The van der Waals surface area contributed by atoms with Crippen molar-refractivity contribution in [2.24, 2.45) is 5.41 Å². The lowest BCUT2D eigenvalue weighted by Crippen LogP contribution is -2.74. The van der Waals surface area contributed by atoms with Gasteiger partial charge in [-0.05, 0) is 19.8 Å². The number of dihydropyridines is 1. The molecular weight excluding hydrogens is 383 g/mol. The van der Waals surface area contributed by atoms with E-state index < -0.39 is 21.9 Å². The third-order valence-electron chi connectivity index (χ3n) is 5.94. The van der Waals surface area contributed by atoms with Crippen LogP contribution in [-0.2, 0) is 14.8 Å². The van der Waals surface area contributed by atoms with E-state index >= 15 is 0 Å². The molecule has 0 amide bonds. The van der Waals surface area contributed by atoms with Gasteiger partial charge in [0.15, 0.2) is 0 Å². The maximum Gasteiger partial charge on any atom is 0.430 e. The molecule has 152 valence electrons. The molecule has 6 nitrogen and oxygen atoms in total. The molecule has 4 aliphatic heterocycles. The Kier molecular flexibility index (Phi) is 4.60. The van der Waals surface area contributed by atoms with Gasteiger partial charge in [-0.25, -0.2) is 8.42 Å². The Morgan fingerprint density at radius 1 is 1.26 bits per heavy atom. The number of sulfonamides is 1. The van der Waals surface area contributed by atoms with Gasteiger partial charge in [0.05, 0.1) is 11.5 Å². The van der Waals surface area contributed by atoms with Gasteiger partial charge in [-0.2, -0.15) is 17.5 Å². The van der Waals surface area contributed by atoms with Crippen LogP contribution in [0.25, 0.3) is 0 Å². The Hall–Kier alpha value is -1.10. The van der Waals surface area contributed by atoms with Crippen LogP contribution in [0.3, 0.4) is 0 Å². The van der Waals surface area contributed by atoms with E-state index in [-0.39, 0.29) is 22.4 Å². The summed E-state index contributed by atoms with van der Waals surface area (Å²) < 4.78 is 70.9. The maximum atomic E-state index is 12.8. The molecule has 1 spiro atoms. The second kappa shape index (κ2) is 6.47. The zero-order valence-electron chi connectivity index (χ0n) is 15.2. The highest BCUT2D eigenvalue weighted by Crippen LogP contribution is 2.44. The molecule has 1 atom stereocenters. The summed E-state index contributed by atoms with van der Waals surface area (Å²) in [6, 6.07) is 0.424. The van der Waals surface area contributed by atoms with Gasteiger partial charge in [-0.3, -0.25) is 4.90 Å². The van der Waals surface area contributed by atoms with Crippen LogP contribution < -0.4 is 5.32 Å². The number of ether oxygens (including phenoxy) is 1. The average molecular weight is 407 g/mol. The van der Waals surface area contributed by atoms with Gasteiger partial charge in [-0.15, -0.1) is 0 Å². The summed E-state index contributed by atoms with van der Waals surface area (Å²) in [5.74, 6) is 0. The molecule has 0 aliphatic carbocycles. The highest BCUT2D eigenvalue weighted by molar-refractivity contribution is 7.93. The van der Waals surface area contributed by atoms with Gasteiger partial charge in [0.2, 0.25) is 10.0 Å². The van der Waals surface area contributed by atoms with E-state index in [0.717, 1.165) is 45.2 Å². The average Bonchev–Trinajstić information content (AvgIpc) is 2.52. The predicted molar refractivity (Wildman–Crippen MR) is 92.9 cm³/mol. The zero-order chi connectivity index (χ0) is 19.4. The van der Waals surface area contributed by atoms with Crippen LogP contribution in [0.4, 0.5) is 13.2 Å². The summed E-state index contributed by atoms with van der Waals surface area (Å²) in [5.41, 5.74) is -0.850.